The third-order valence-corrected chi connectivity index (χ3v) is 3.95. The van der Waals surface area contributed by atoms with Gasteiger partial charge in [-0.15, -0.1) is 0 Å². The van der Waals surface area contributed by atoms with Crippen molar-refractivity contribution in [3.05, 3.63) is 75.2 Å². The molecule has 2 rings (SSSR count). The van der Waals surface area contributed by atoms with Crippen molar-refractivity contribution in [3.8, 4) is 0 Å². The quantitative estimate of drug-likeness (QED) is 0.519. The number of carbonyl (C=O) groups is 1. The number of ketones is 1. The number of aromatic amines is 1. The fraction of sp³-hybridized carbons (Fsp3) is 0.300. The number of nitrogens with one attached hydrogen (secondary N) is 2. The molecule has 0 spiro atoms. The number of halogens is 3. The van der Waals surface area contributed by atoms with Crippen LogP contribution in [0.1, 0.15) is 54.6 Å². The predicted octanol–water partition coefficient (Wildman–Crippen LogP) is 5.13. The van der Waals surface area contributed by atoms with E-state index in [2.05, 4.69) is 17.2 Å². The molecule has 0 fully saturated rings. The van der Waals surface area contributed by atoms with Gasteiger partial charge >= 0.3 is 6.18 Å². The third-order valence-electron chi connectivity index (χ3n) is 3.95. The van der Waals surface area contributed by atoms with Gasteiger partial charge in [-0.1, -0.05) is 38.0 Å². The summed E-state index contributed by atoms with van der Waals surface area (Å²) in [4.78, 5) is 26.9. The van der Waals surface area contributed by atoms with E-state index in [-0.39, 0.29) is 16.9 Å². The molecule has 0 saturated carbocycles. The van der Waals surface area contributed by atoms with Gasteiger partial charge in [-0.25, -0.2) is 0 Å². The minimum absolute atomic E-state index is 0.0946. The second kappa shape index (κ2) is 8.70. The van der Waals surface area contributed by atoms with Crippen molar-refractivity contribution in [2.24, 2.45) is 0 Å². The molecule has 0 aliphatic heterocycles. The maximum Gasteiger partial charge on any atom is 0.416 e. The standard InChI is InChI=1S/C20H21F3N2O2/c1-3-4-5-7-13(2)24-19-16(10-11-17(26)25-19)18(27)14-8-6-9-15(12-14)20(21,22)23/h6-12H,3-5H2,1-2H3,(H2,24,25,26)/b13-7+. The van der Waals surface area contributed by atoms with Gasteiger partial charge in [0.25, 0.3) is 0 Å². The Bertz CT molecular complexity index is 899. The lowest BCUT2D eigenvalue weighted by atomic mass is 10.0. The minimum Gasteiger partial charge on any atom is -0.345 e. The molecule has 27 heavy (non-hydrogen) atoms. The molecule has 2 aromatic rings. The topological polar surface area (TPSA) is 62.0 Å². The van der Waals surface area contributed by atoms with Crippen LogP contribution in [0.3, 0.4) is 0 Å². The molecule has 0 aliphatic rings. The number of hydrogen-bond donors (Lipinski definition) is 2. The number of H-pyrrole nitrogens is 1. The molecule has 144 valence electrons. The molecular weight excluding hydrogens is 357 g/mol. The summed E-state index contributed by atoms with van der Waals surface area (Å²) in [7, 11) is 0. The Morgan fingerprint density at radius 1 is 1.22 bits per heavy atom. The summed E-state index contributed by atoms with van der Waals surface area (Å²) in [5.41, 5.74) is -0.588. The normalized spacial score (nSPS) is 12.1. The average molecular weight is 378 g/mol. The lowest BCUT2D eigenvalue weighted by Gasteiger charge is -2.12. The van der Waals surface area contributed by atoms with E-state index in [1.54, 1.807) is 6.92 Å². The molecule has 1 aromatic carbocycles. The van der Waals surface area contributed by atoms with Crippen LogP contribution in [-0.2, 0) is 6.18 Å². The largest absolute Gasteiger partial charge is 0.416 e. The maximum absolute atomic E-state index is 12.9. The smallest absolute Gasteiger partial charge is 0.345 e. The Labute approximate surface area is 155 Å². The van der Waals surface area contributed by atoms with Crippen LogP contribution < -0.4 is 10.9 Å². The van der Waals surface area contributed by atoms with Crippen LogP contribution in [0.25, 0.3) is 0 Å². The number of benzene rings is 1. The number of alkyl halides is 3. The fourth-order valence-corrected chi connectivity index (χ4v) is 2.53. The van der Waals surface area contributed by atoms with Gasteiger partial charge < -0.3 is 10.3 Å². The molecule has 7 heteroatoms. The highest BCUT2D eigenvalue weighted by atomic mass is 19.4. The SMILES string of the molecule is CCCC/C=C(\C)Nc1[nH]c(=O)ccc1C(=O)c1cccc(C(F)(F)F)c1. The van der Waals surface area contributed by atoms with E-state index in [4.69, 9.17) is 0 Å². The van der Waals surface area contributed by atoms with Gasteiger partial charge in [0, 0.05) is 17.3 Å². The maximum atomic E-state index is 12.9. The van der Waals surface area contributed by atoms with Crippen molar-refractivity contribution in [2.75, 3.05) is 5.32 Å². The Morgan fingerprint density at radius 2 is 1.96 bits per heavy atom. The van der Waals surface area contributed by atoms with Crippen LogP contribution in [0.15, 0.2) is 53.0 Å². The van der Waals surface area contributed by atoms with E-state index in [0.717, 1.165) is 37.1 Å². The molecule has 0 bridgehead atoms. The molecule has 0 amide bonds. The summed E-state index contributed by atoms with van der Waals surface area (Å²) in [5.74, 6) is -0.448. The van der Waals surface area contributed by atoms with Gasteiger partial charge in [0.15, 0.2) is 5.78 Å². The summed E-state index contributed by atoms with van der Waals surface area (Å²) in [6.45, 7) is 3.86. The first-order valence-corrected chi connectivity index (χ1v) is 8.61. The van der Waals surface area contributed by atoms with Crippen LogP contribution in [0.2, 0.25) is 0 Å². The van der Waals surface area contributed by atoms with Crippen LogP contribution in [0.4, 0.5) is 19.0 Å². The fourth-order valence-electron chi connectivity index (χ4n) is 2.53. The molecular formula is C20H21F3N2O2. The van der Waals surface area contributed by atoms with Crippen molar-refractivity contribution >= 4 is 11.6 Å². The third kappa shape index (κ3) is 5.57. The van der Waals surface area contributed by atoms with E-state index >= 15 is 0 Å². The van der Waals surface area contributed by atoms with Gasteiger partial charge in [0.2, 0.25) is 5.56 Å². The van der Waals surface area contributed by atoms with Gasteiger partial charge in [-0.05, 0) is 31.5 Å². The van der Waals surface area contributed by atoms with Crippen molar-refractivity contribution in [1.82, 2.24) is 4.98 Å². The highest BCUT2D eigenvalue weighted by Gasteiger charge is 2.31. The minimum atomic E-state index is -4.54. The summed E-state index contributed by atoms with van der Waals surface area (Å²) < 4.78 is 38.7. The number of pyridine rings is 1. The molecule has 0 atom stereocenters. The number of anilines is 1. The van der Waals surface area contributed by atoms with Crippen LogP contribution in [0, 0.1) is 0 Å². The van der Waals surface area contributed by atoms with E-state index < -0.39 is 23.1 Å². The number of hydrogen-bond acceptors (Lipinski definition) is 3. The molecule has 1 aromatic heterocycles. The summed E-state index contributed by atoms with van der Waals surface area (Å²) in [6, 6.07) is 6.69. The van der Waals surface area contributed by atoms with Gasteiger partial charge in [-0.2, -0.15) is 13.2 Å². The monoisotopic (exact) mass is 378 g/mol. The molecule has 0 saturated heterocycles. The number of rotatable bonds is 7. The Balaban J connectivity index is 2.37. The highest BCUT2D eigenvalue weighted by Crippen LogP contribution is 2.30. The number of allylic oxidation sites excluding steroid dienone is 2. The molecule has 0 unspecified atom stereocenters. The zero-order chi connectivity index (χ0) is 20.0. The number of aromatic nitrogens is 1. The lowest BCUT2D eigenvalue weighted by Crippen LogP contribution is -2.15. The molecule has 1 heterocycles. The number of unbranched alkanes of at least 4 members (excludes halogenated alkanes) is 2. The Hall–Kier alpha value is -2.83. The van der Waals surface area contributed by atoms with Gasteiger partial charge in [0.05, 0.1) is 11.1 Å². The van der Waals surface area contributed by atoms with E-state index in [9.17, 15) is 22.8 Å². The van der Waals surface area contributed by atoms with Crippen molar-refractivity contribution in [3.63, 3.8) is 0 Å². The second-order valence-electron chi connectivity index (χ2n) is 6.17. The van der Waals surface area contributed by atoms with Crippen LogP contribution in [-0.4, -0.2) is 10.8 Å². The van der Waals surface area contributed by atoms with E-state index in [1.165, 1.54) is 24.3 Å². The van der Waals surface area contributed by atoms with Crippen molar-refractivity contribution < 1.29 is 18.0 Å². The van der Waals surface area contributed by atoms with Crippen molar-refractivity contribution in [1.29, 1.82) is 0 Å². The molecule has 0 aliphatic carbocycles. The Kier molecular flexibility index (Phi) is 6.60. The first-order chi connectivity index (χ1) is 12.7. The predicted molar refractivity (Wildman–Crippen MR) is 98.8 cm³/mol. The van der Waals surface area contributed by atoms with Gasteiger partial charge in [0.1, 0.15) is 5.82 Å². The van der Waals surface area contributed by atoms with Gasteiger partial charge in [-0.3, -0.25) is 9.59 Å². The lowest BCUT2D eigenvalue weighted by molar-refractivity contribution is -0.137. The van der Waals surface area contributed by atoms with E-state index in [0.29, 0.717) is 0 Å². The summed E-state index contributed by atoms with van der Waals surface area (Å²) in [6.07, 6.45) is 0.267. The first kappa shape index (κ1) is 20.5. The first-order valence-electron chi connectivity index (χ1n) is 8.61. The van der Waals surface area contributed by atoms with Crippen LogP contribution in [0.5, 0.6) is 0 Å². The Morgan fingerprint density at radius 3 is 2.63 bits per heavy atom. The van der Waals surface area contributed by atoms with Crippen LogP contribution >= 0.6 is 0 Å². The zero-order valence-electron chi connectivity index (χ0n) is 15.1. The molecule has 4 nitrogen and oxygen atoms in total. The number of carbonyl (C=O) groups excluding carboxylic acids is 1. The molecule has 0 radical (unpaired) electrons. The zero-order valence-corrected chi connectivity index (χ0v) is 15.1. The second-order valence-corrected chi connectivity index (χ2v) is 6.17. The summed E-state index contributed by atoms with van der Waals surface area (Å²) >= 11 is 0. The molecule has 2 N–H and O–H groups in total. The highest BCUT2D eigenvalue weighted by molar-refractivity contribution is 6.12. The van der Waals surface area contributed by atoms with E-state index in [1.807, 2.05) is 6.08 Å². The summed E-state index contributed by atoms with van der Waals surface area (Å²) in [5, 5.41) is 2.97. The van der Waals surface area contributed by atoms with Crippen molar-refractivity contribution in [2.45, 2.75) is 39.3 Å². The average Bonchev–Trinajstić information content (AvgIpc) is 2.61.